The largest absolute Gasteiger partial charge is 0.389 e. The molecular weight excluding hydrogens is 290 g/mol. The molecule has 0 bridgehead atoms. The summed E-state index contributed by atoms with van der Waals surface area (Å²) < 4.78 is 27.7. The van der Waals surface area contributed by atoms with E-state index in [0.29, 0.717) is 13.0 Å². The van der Waals surface area contributed by atoms with Gasteiger partial charge in [0, 0.05) is 12.1 Å². The third-order valence-corrected chi connectivity index (χ3v) is 3.52. The standard InChI is InChI=1S/C16H16F2N2S/c1-10-4-2-3-5-11(10)6-7-20-15-13(17)8-12(16(19)21)9-14(15)18/h2-5,8-9,20H,6-7H2,1H3,(H2,19,21). The molecule has 0 spiro atoms. The minimum absolute atomic E-state index is 0.0285. The molecule has 3 N–H and O–H groups in total. The van der Waals surface area contributed by atoms with E-state index in [9.17, 15) is 8.78 Å². The van der Waals surface area contributed by atoms with Gasteiger partial charge >= 0.3 is 0 Å². The zero-order valence-electron chi connectivity index (χ0n) is 11.6. The summed E-state index contributed by atoms with van der Waals surface area (Å²) in [4.78, 5) is -0.0285. The predicted molar refractivity (Wildman–Crippen MR) is 85.6 cm³/mol. The highest BCUT2D eigenvalue weighted by molar-refractivity contribution is 7.80. The summed E-state index contributed by atoms with van der Waals surface area (Å²) in [6, 6.07) is 10.2. The van der Waals surface area contributed by atoms with Gasteiger partial charge < -0.3 is 11.1 Å². The Hall–Kier alpha value is -2.01. The third kappa shape index (κ3) is 3.76. The highest BCUT2D eigenvalue weighted by atomic mass is 32.1. The molecule has 2 nitrogen and oxygen atoms in total. The van der Waals surface area contributed by atoms with Crippen LogP contribution in [0.2, 0.25) is 0 Å². The number of benzene rings is 2. The lowest BCUT2D eigenvalue weighted by Gasteiger charge is -2.11. The Kier molecular flexibility index (Phi) is 4.85. The van der Waals surface area contributed by atoms with Crippen LogP contribution in [0, 0.1) is 18.6 Å². The van der Waals surface area contributed by atoms with Crippen molar-refractivity contribution < 1.29 is 8.78 Å². The number of rotatable bonds is 5. The van der Waals surface area contributed by atoms with Crippen LogP contribution >= 0.6 is 12.2 Å². The van der Waals surface area contributed by atoms with Crippen LogP contribution in [0.15, 0.2) is 36.4 Å². The van der Waals surface area contributed by atoms with Gasteiger partial charge in [0.05, 0.1) is 0 Å². The van der Waals surface area contributed by atoms with E-state index < -0.39 is 11.6 Å². The number of aryl methyl sites for hydroxylation is 1. The van der Waals surface area contributed by atoms with Crippen LogP contribution in [-0.2, 0) is 6.42 Å². The average molecular weight is 306 g/mol. The Bertz CT molecular complexity index is 648. The van der Waals surface area contributed by atoms with Gasteiger partial charge in [0.15, 0.2) is 0 Å². The maximum Gasteiger partial charge on any atom is 0.150 e. The second-order valence-corrected chi connectivity index (χ2v) is 5.22. The number of thiocarbonyl (C=S) groups is 1. The number of hydrogen-bond donors (Lipinski definition) is 2. The van der Waals surface area contributed by atoms with Gasteiger partial charge in [-0.1, -0.05) is 36.5 Å². The molecule has 110 valence electrons. The molecule has 2 rings (SSSR count). The Balaban J connectivity index is 2.07. The minimum Gasteiger partial charge on any atom is -0.389 e. The van der Waals surface area contributed by atoms with Crippen molar-refractivity contribution in [2.75, 3.05) is 11.9 Å². The Morgan fingerprint density at radius 1 is 1.19 bits per heavy atom. The van der Waals surface area contributed by atoms with Crippen LogP contribution in [-0.4, -0.2) is 11.5 Å². The van der Waals surface area contributed by atoms with Crippen LogP contribution in [0.5, 0.6) is 0 Å². The molecule has 21 heavy (non-hydrogen) atoms. The lowest BCUT2D eigenvalue weighted by atomic mass is 10.1. The molecule has 0 radical (unpaired) electrons. The van der Waals surface area contributed by atoms with E-state index in [1.54, 1.807) is 0 Å². The first kappa shape index (κ1) is 15.4. The number of nitrogens with two attached hydrogens (primary N) is 1. The second-order valence-electron chi connectivity index (χ2n) is 4.78. The SMILES string of the molecule is Cc1ccccc1CCNc1c(F)cc(C(N)=S)cc1F. The molecule has 2 aromatic carbocycles. The summed E-state index contributed by atoms with van der Waals surface area (Å²) in [7, 11) is 0. The monoisotopic (exact) mass is 306 g/mol. The average Bonchev–Trinajstić information content (AvgIpc) is 2.43. The normalized spacial score (nSPS) is 10.4. The lowest BCUT2D eigenvalue weighted by molar-refractivity contribution is 0.587. The quantitative estimate of drug-likeness (QED) is 0.830. The van der Waals surface area contributed by atoms with Crippen molar-refractivity contribution in [1.29, 1.82) is 0 Å². The van der Waals surface area contributed by atoms with E-state index in [1.165, 1.54) is 0 Å². The molecule has 0 fully saturated rings. The molecule has 0 aliphatic carbocycles. The summed E-state index contributed by atoms with van der Waals surface area (Å²) >= 11 is 4.71. The first-order chi connectivity index (χ1) is 9.99. The maximum absolute atomic E-state index is 13.9. The fourth-order valence-electron chi connectivity index (χ4n) is 2.10. The summed E-state index contributed by atoms with van der Waals surface area (Å²) in [6.07, 6.45) is 0.683. The summed E-state index contributed by atoms with van der Waals surface area (Å²) in [5.74, 6) is -1.38. The highest BCUT2D eigenvalue weighted by Crippen LogP contribution is 2.21. The molecule has 0 aliphatic rings. The van der Waals surface area contributed by atoms with Gasteiger partial charge in [-0.25, -0.2) is 8.78 Å². The van der Waals surface area contributed by atoms with Crippen molar-refractivity contribution in [3.05, 3.63) is 64.7 Å². The maximum atomic E-state index is 13.9. The van der Waals surface area contributed by atoms with E-state index in [1.807, 2.05) is 31.2 Å². The van der Waals surface area contributed by atoms with Gasteiger partial charge in [0.25, 0.3) is 0 Å². The zero-order chi connectivity index (χ0) is 15.4. The molecule has 2 aromatic rings. The van der Waals surface area contributed by atoms with Crippen LogP contribution < -0.4 is 11.1 Å². The Morgan fingerprint density at radius 2 is 1.81 bits per heavy atom. The minimum atomic E-state index is -0.692. The fraction of sp³-hybridized carbons (Fsp3) is 0.188. The van der Waals surface area contributed by atoms with Crippen molar-refractivity contribution in [1.82, 2.24) is 0 Å². The van der Waals surface area contributed by atoms with Crippen LogP contribution in [0.4, 0.5) is 14.5 Å². The summed E-state index contributed by atoms with van der Waals surface area (Å²) in [6.45, 7) is 2.44. The highest BCUT2D eigenvalue weighted by Gasteiger charge is 2.12. The molecule has 0 amide bonds. The first-order valence-electron chi connectivity index (χ1n) is 6.56. The van der Waals surface area contributed by atoms with Crippen molar-refractivity contribution in [2.24, 2.45) is 5.73 Å². The smallest absolute Gasteiger partial charge is 0.150 e. The number of nitrogens with one attached hydrogen (secondary N) is 1. The molecule has 0 aliphatic heterocycles. The van der Waals surface area contributed by atoms with Gasteiger partial charge in [-0.05, 0) is 36.6 Å². The molecule has 5 heteroatoms. The van der Waals surface area contributed by atoms with Crippen molar-refractivity contribution >= 4 is 22.9 Å². The van der Waals surface area contributed by atoms with Crippen LogP contribution in [0.1, 0.15) is 16.7 Å². The topological polar surface area (TPSA) is 38.0 Å². The van der Waals surface area contributed by atoms with Gasteiger partial charge in [0.2, 0.25) is 0 Å². The van der Waals surface area contributed by atoms with E-state index >= 15 is 0 Å². The lowest BCUT2D eigenvalue weighted by Crippen LogP contribution is -2.13. The second kappa shape index (κ2) is 6.63. The fourth-order valence-corrected chi connectivity index (χ4v) is 2.21. The molecule has 0 atom stereocenters. The molecule has 0 aromatic heterocycles. The van der Waals surface area contributed by atoms with Gasteiger partial charge in [-0.15, -0.1) is 0 Å². The zero-order valence-corrected chi connectivity index (χ0v) is 12.4. The van der Waals surface area contributed by atoms with Crippen LogP contribution in [0.3, 0.4) is 0 Å². The summed E-state index contributed by atoms with van der Waals surface area (Å²) in [5.41, 5.74) is 7.71. The first-order valence-corrected chi connectivity index (χ1v) is 6.97. The molecular formula is C16H16F2N2S. The predicted octanol–water partition coefficient (Wildman–Crippen LogP) is 3.56. The number of anilines is 1. The number of halogens is 2. The van der Waals surface area contributed by atoms with E-state index in [0.717, 1.165) is 23.3 Å². The molecule has 0 saturated heterocycles. The Labute approximate surface area is 128 Å². The van der Waals surface area contributed by atoms with Crippen molar-refractivity contribution in [2.45, 2.75) is 13.3 Å². The van der Waals surface area contributed by atoms with Gasteiger partial charge in [-0.2, -0.15) is 0 Å². The van der Waals surface area contributed by atoms with E-state index in [4.69, 9.17) is 18.0 Å². The van der Waals surface area contributed by atoms with E-state index in [2.05, 4.69) is 5.32 Å². The molecule has 0 unspecified atom stereocenters. The van der Waals surface area contributed by atoms with Gasteiger partial charge in [0.1, 0.15) is 22.3 Å². The summed E-state index contributed by atoms with van der Waals surface area (Å²) in [5, 5.41) is 2.79. The van der Waals surface area contributed by atoms with Gasteiger partial charge in [-0.3, -0.25) is 0 Å². The molecule has 0 heterocycles. The third-order valence-electron chi connectivity index (χ3n) is 3.28. The van der Waals surface area contributed by atoms with Crippen molar-refractivity contribution in [3.63, 3.8) is 0 Å². The molecule has 0 saturated carbocycles. The number of hydrogen-bond acceptors (Lipinski definition) is 2. The van der Waals surface area contributed by atoms with Crippen LogP contribution in [0.25, 0.3) is 0 Å². The van der Waals surface area contributed by atoms with E-state index in [-0.39, 0.29) is 16.2 Å². The van der Waals surface area contributed by atoms with Crippen molar-refractivity contribution in [3.8, 4) is 0 Å². The Morgan fingerprint density at radius 3 is 2.38 bits per heavy atom.